The molecule has 1 heterocycles. The van der Waals surface area contributed by atoms with Crippen LogP contribution in [0.25, 0.3) is 11.5 Å². The lowest BCUT2D eigenvalue weighted by Crippen LogP contribution is -2.03. The highest BCUT2D eigenvalue weighted by atomic mass is 19.4. The maximum absolute atomic E-state index is 12.3. The van der Waals surface area contributed by atoms with Crippen LogP contribution in [0.2, 0.25) is 0 Å². The van der Waals surface area contributed by atoms with Crippen molar-refractivity contribution >= 4 is 0 Å². The predicted molar refractivity (Wildman–Crippen MR) is 55.4 cm³/mol. The molecule has 1 atom stereocenters. The maximum atomic E-state index is 12.3. The van der Waals surface area contributed by atoms with E-state index in [4.69, 9.17) is 4.42 Å². The molecule has 0 spiro atoms. The Labute approximate surface area is 100 Å². The Kier molecular flexibility index (Phi) is 3.08. The quantitative estimate of drug-likeness (QED) is 0.899. The standard InChI is InChI=1S/C11H9F3N2O2/c1-6(17)9-15-16-10(18-9)7-2-4-8(5-3-7)11(12,13)14/h2-6,17H,1H3. The molecular formula is C11H9F3N2O2. The summed E-state index contributed by atoms with van der Waals surface area (Å²) in [6, 6.07) is 4.34. The van der Waals surface area contributed by atoms with Gasteiger partial charge in [0, 0.05) is 5.56 Å². The second-order valence-corrected chi connectivity index (χ2v) is 3.70. The minimum atomic E-state index is -4.38. The van der Waals surface area contributed by atoms with Crippen molar-refractivity contribution in [2.24, 2.45) is 0 Å². The zero-order valence-corrected chi connectivity index (χ0v) is 9.27. The van der Waals surface area contributed by atoms with Gasteiger partial charge < -0.3 is 9.52 Å². The molecule has 0 aliphatic heterocycles. The van der Waals surface area contributed by atoms with Gasteiger partial charge in [0.2, 0.25) is 11.8 Å². The topological polar surface area (TPSA) is 59.2 Å². The summed E-state index contributed by atoms with van der Waals surface area (Å²) in [6.07, 6.45) is -5.29. The van der Waals surface area contributed by atoms with E-state index in [1.165, 1.54) is 19.1 Å². The van der Waals surface area contributed by atoms with Crippen LogP contribution in [0.5, 0.6) is 0 Å². The van der Waals surface area contributed by atoms with Crippen LogP contribution >= 0.6 is 0 Å². The van der Waals surface area contributed by atoms with E-state index in [1.54, 1.807) is 0 Å². The van der Waals surface area contributed by atoms with Gasteiger partial charge >= 0.3 is 6.18 Å². The number of benzene rings is 1. The lowest BCUT2D eigenvalue weighted by Gasteiger charge is -2.05. The molecule has 0 fully saturated rings. The van der Waals surface area contributed by atoms with Crippen LogP contribution in [-0.2, 0) is 6.18 Å². The summed E-state index contributed by atoms with van der Waals surface area (Å²) in [6.45, 7) is 1.45. The van der Waals surface area contributed by atoms with Gasteiger partial charge in [0.1, 0.15) is 6.10 Å². The van der Waals surface area contributed by atoms with Gasteiger partial charge in [-0.15, -0.1) is 10.2 Å². The summed E-state index contributed by atoms with van der Waals surface area (Å²) in [4.78, 5) is 0. The highest BCUT2D eigenvalue weighted by Gasteiger charge is 2.30. The summed E-state index contributed by atoms with van der Waals surface area (Å²) in [5, 5.41) is 16.4. The molecule has 2 aromatic rings. The molecular weight excluding hydrogens is 249 g/mol. The van der Waals surface area contributed by atoms with E-state index >= 15 is 0 Å². The van der Waals surface area contributed by atoms with Crippen molar-refractivity contribution in [2.45, 2.75) is 19.2 Å². The molecule has 18 heavy (non-hydrogen) atoms. The van der Waals surface area contributed by atoms with Crippen molar-refractivity contribution in [3.05, 3.63) is 35.7 Å². The Morgan fingerprint density at radius 2 is 1.78 bits per heavy atom. The lowest BCUT2D eigenvalue weighted by atomic mass is 10.1. The molecule has 1 aromatic heterocycles. The Bertz CT molecular complexity index is 532. The molecule has 2 rings (SSSR count). The van der Waals surface area contributed by atoms with Gasteiger partial charge in [0.15, 0.2) is 0 Å². The van der Waals surface area contributed by atoms with E-state index in [0.717, 1.165) is 12.1 Å². The normalized spacial score (nSPS) is 13.6. The smallest absolute Gasteiger partial charge is 0.416 e. The van der Waals surface area contributed by atoms with Crippen LogP contribution in [0.4, 0.5) is 13.2 Å². The second kappa shape index (κ2) is 4.41. The van der Waals surface area contributed by atoms with Crippen molar-refractivity contribution in [3.8, 4) is 11.5 Å². The summed E-state index contributed by atoms with van der Waals surface area (Å²) in [7, 11) is 0. The maximum Gasteiger partial charge on any atom is 0.416 e. The van der Waals surface area contributed by atoms with Crippen molar-refractivity contribution < 1.29 is 22.7 Å². The fourth-order valence-corrected chi connectivity index (χ4v) is 1.32. The molecule has 0 bridgehead atoms. The van der Waals surface area contributed by atoms with Gasteiger partial charge in [-0.05, 0) is 31.2 Å². The SMILES string of the molecule is CC(O)c1nnc(-c2ccc(C(F)(F)F)cc2)o1. The Balaban J connectivity index is 2.29. The second-order valence-electron chi connectivity index (χ2n) is 3.70. The zero-order valence-electron chi connectivity index (χ0n) is 9.27. The van der Waals surface area contributed by atoms with Crippen molar-refractivity contribution in [1.29, 1.82) is 0 Å². The summed E-state index contributed by atoms with van der Waals surface area (Å²) < 4.78 is 42.1. The summed E-state index contributed by atoms with van der Waals surface area (Å²) >= 11 is 0. The number of aliphatic hydroxyl groups excluding tert-OH is 1. The number of nitrogens with zero attached hydrogens (tertiary/aromatic N) is 2. The average molecular weight is 258 g/mol. The van der Waals surface area contributed by atoms with E-state index in [-0.39, 0.29) is 11.8 Å². The number of aromatic nitrogens is 2. The first-order chi connectivity index (χ1) is 8.38. The van der Waals surface area contributed by atoms with Gasteiger partial charge in [0.05, 0.1) is 5.56 Å². The number of alkyl halides is 3. The first-order valence-corrected chi connectivity index (χ1v) is 5.07. The molecule has 0 aliphatic carbocycles. The average Bonchev–Trinajstić information content (AvgIpc) is 2.77. The molecule has 4 nitrogen and oxygen atoms in total. The third-order valence-electron chi connectivity index (χ3n) is 2.26. The van der Waals surface area contributed by atoms with E-state index in [9.17, 15) is 18.3 Å². The summed E-state index contributed by atoms with van der Waals surface area (Å²) in [5.74, 6) is 0.0875. The third kappa shape index (κ3) is 2.51. The first-order valence-electron chi connectivity index (χ1n) is 5.07. The molecule has 96 valence electrons. The van der Waals surface area contributed by atoms with Gasteiger partial charge in [-0.2, -0.15) is 13.2 Å². The predicted octanol–water partition coefficient (Wildman–Crippen LogP) is 2.81. The van der Waals surface area contributed by atoms with Crippen LogP contribution in [-0.4, -0.2) is 15.3 Å². The molecule has 0 radical (unpaired) electrons. The molecule has 0 saturated heterocycles. The number of hydrogen-bond donors (Lipinski definition) is 1. The number of halogens is 3. The van der Waals surface area contributed by atoms with Crippen LogP contribution in [0.1, 0.15) is 24.5 Å². The van der Waals surface area contributed by atoms with Crippen molar-refractivity contribution in [3.63, 3.8) is 0 Å². The van der Waals surface area contributed by atoms with Crippen LogP contribution in [0.3, 0.4) is 0 Å². The lowest BCUT2D eigenvalue weighted by molar-refractivity contribution is -0.137. The van der Waals surface area contributed by atoms with Crippen LogP contribution in [0, 0.1) is 0 Å². The zero-order chi connectivity index (χ0) is 13.3. The Morgan fingerprint density at radius 3 is 2.22 bits per heavy atom. The van der Waals surface area contributed by atoms with E-state index in [0.29, 0.717) is 5.56 Å². The van der Waals surface area contributed by atoms with Gasteiger partial charge in [0.25, 0.3) is 0 Å². The largest absolute Gasteiger partial charge is 0.418 e. The van der Waals surface area contributed by atoms with E-state index in [1.807, 2.05) is 0 Å². The number of rotatable bonds is 2. The Morgan fingerprint density at radius 1 is 1.17 bits per heavy atom. The van der Waals surface area contributed by atoms with E-state index < -0.39 is 17.8 Å². The molecule has 1 unspecified atom stereocenters. The fourth-order valence-electron chi connectivity index (χ4n) is 1.32. The fraction of sp³-hybridized carbons (Fsp3) is 0.273. The Hall–Kier alpha value is -1.89. The highest BCUT2D eigenvalue weighted by Crippen LogP contribution is 2.30. The number of hydrogen-bond acceptors (Lipinski definition) is 4. The van der Waals surface area contributed by atoms with Gasteiger partial charge in [-0.1, -0.05) is 0 Å². The number of aliphatic hydroxyl groups is 1. The third-order valence-corrected chi connectivity index (χ3v) is 2.26. The van der Waals surface area contributed by atoms with Gasteiger partial charge in [-0.25, -0.2) is 0 Å². The summed E-state index contributed by atoms with van der Waals surface area (Å²) in [5.41, 5.74) is -0.385. The first kappa shape index (κ1) is 12.6. The van der Waals surface area contributed by atoms with Gasteiger partial charge in [-0.3, -0.25) is 0 Å². The van der Waals surface area contributed by atoms with Crippen molar-refractivity contribution in [1.82, 2.24) is 10.2 Å². The minimum Gasteiger partial charge on any atom is -0.418 e. The molecule has 1 aromatic carbocycles. The van der Waals surface area contributed by atoms with Crippen molar-refractivity contribution in [2.75, 3.05) is 0 Å². The minimum absolute atomic E-state index is 0.0184. The van der Waals surface area contributed by atoms with E-state index in [2.05, 4.69) is 10.2 Å². The molecule has 0 saturated carbocycles. The molecule has 0 amide bonds. The highest BCUT2D eigenvalue weighted by molar-refractivity contribution is 5.53. The molecule has 1 N–H and O–H groups in total. The monoisotopic (exact) mass is 258 g/mol. The molecule has 0 aliphatic rings. The van der Waals surface area contributed by atoms with Crippen LogP contribution < -0.4 is 0 Å². The van der Waals surface area contributed by atoms with Crippen LogP contribution in [0.15, 0.2) is 28.7 Å². The molecule has 7 heteroatoms.